The van der Waals surface area contributed by atoms with E-state index in [4.69, 9.17) is 0 Å². The van der Waals surface area contributed by atoms with E-state index < -0.39 is 0 Å². The van der Waals surface area contributed by atoms with Crippen LogP contribution in [0.2, 0.25) is 0 Å². The molecule has 1 unspecified atom stereocenters. The van der Waals surface area contributed by atoms with E-state index in [1.807, 2.05) is 11.8 Å². The number of anilines is 2. The molecule has 1 atom stereocenters. The van der Waals surface area contributed by atoms with Crippen molar-refractivity contribution in [3.63, 3.8) is 0 Å². The van der Waals surface area contributed by atoms with Crippen molar-refractivity contribution >= 4 is 23.1 Å². The van der Waals surface area contributed by atoms with Gasteiger partial charge in [-0.3, -0.25) is 0 Å². The minimum Gasteiger partial charge on any atom is -0.396 e. The highest BCUT2D eigenvalue weighted by Crippen LogP contribution is 2.47. The average molecular weight is 328 g/mol. The summed E-state index contributed by atoms with van der Waals surface area (Å²) in [7, 11) is 4.25. The van der Waals surface area contributed by atoms with Crippen LogP contribution >= 0.6 is 11.8 Å². The van der Waals surface area contributed by atoms with Gasteiger partial charge in [-0.05, 0) is 51.2 Å². The van der Waals surface area contributed by atoms with Crippen LogP contribution in [0.5, 0.6) is 0 Å². The molecule has 0 aromatic heterocycles. The maximum atomic E-state index is 9.18. The largest absolute Gasteiger partial charge is 0.396 e. The summed E-state index contributed by atoms with van der Waals surface area (Å²) in [5.41, 5.74) is 2.57. The van der Waals surface area contributed by atoms with Crippen molar-refractivity contribution in [2.45, 2.75) is 28.7 Å². The van der Waals surface area contributed by atoms with Crippen molar-refractivity contribution in [1.82, 2.24) is 4.90 Å². The van der Waals surface area contributed by atoms with E-state index in [1.165, 1.54) is 21.2 Å². The predicted octanol–water partition coefficient (Wildman–Crippen LogP) is 3.99. The Kier molecular flexibility index (Phi) is 5.26. The van der Waals surface area contributed by atoms with Crippen LogP contribution in [0, 0.1) is 0 Å². The number of aliphatic hydroxyl groups is 1. The highest BCUT2D eigenvalue weighted by Gasteiger charge is 2.25. The quantitative estimate of drug-likeness (QED) is 0.867. The van der Waals surface area contributed by atoms with E-state index in [0.717, 1.165) is 19.4 Å². The molecule has 122 valence electrons. The second kappa shape index (κ2) is 7.39. The summed E-state index contributed by atoms with van der Waals surface area (Å²) >= 11 is 1.84. The molecule has 0 fully saturated rings. The molecule has 2 aromatic rings. The van der Waals surface area contributed by atoms with Gasteiger partial charge >= 0.3 is 0 Å². The van der Waals surface area contributed by atoms with Crippen molar-refractivity contribution in [1.29, 1.82) is 0 Å². The van der Waals surface area contributed by atoms with Crippen LogP contribution in [-0.4, -0.2) is 43.3 Å². The molecule has 2 aromatic carbocycles. The minimum absolute atomic E-state index is 0.257. The summed E-state index contributed by atoms with van der Waals surface area (Å²) in [5, 5.41) is 9.18. The van der Waals surface area contributed by atoms with Gasteiger partial charge < -0.3 is 14.9 Å². The summed E-state index contributed by atoms with van der Waals surface area (Å²) in [6.45, 7) is 1.19. The summed E-state index contributed by atoms with van der Waals surface area (Å²) in [5.74, 6) is 0. The summed E-state index contributed by atoms with van der Waals surface area (Å²) in [4.78, 5) is 7.32. The maximum absolute atomic E-state index is 9.18. The summed E-state index contributed by atoms with van der Waals surface area (Å²) in [6, 6.07) is 17.6. The number of aliphatic hydroxyl groups excluding tert-OH is 1. The molecule has 0 aliphatic carbocycles. The topological polar surface area (TPSA) is 26.7 Å². The Morgan fingerprint density at radius 1 is 1.00 bits per heavy atom. The third kappa shape index (κ3) is 3.55. The number of benzene rings is 2. The van der Waals surface area contributed by atoms with Crippen molar-refractivity contribution in [3.8, 4) is 0 Å². The average Bonchev–Trinajstić information content (AvgIpc) is 2.57. The highest BCUT2D eigenvalue weighted by molar-refractivity contribution is 7.99. The molecular formula is C19H24N2OS. The molecule has 0 radical (unpaired) electrons. The normalized spacial score (nSPS) is 14.5. The molecule has 1 aliphatic heterocycles. The van der Waals surface area contributed by atoms with Crippen LogP contribution in [0.15, 0.2) is 58.3 Å². The summed E-state index contributed by atoms with van der Waals surface area (Å²) < 4.78 is 0. The molecule has 4 heteroatoms. The number of likely N-dealkylation sites (N-methyl/N-ethyl adjacent to an activating group) is 1. The molecule has 1 N–H and O–H groups in total. The second-order valence-corrected chi connectivity index (χ2v) is 7.22. The lowest BCUT2D eigenvalue weighted by Gasteiger charge is -2.37. The Morgan fingerprint density at radius 2 is 1.57 bits per heavy atom. The van der Waals surface area contributed by atoms with Gasteiger partial charge in [0.1, 0.15) is 0 Å². The van der Waals surface area contributed by atoms with Crippen LogP contribution in [0.3, 0.4) is 0 Å². The fourth-order valence-electron chi connectivity index (χ4n) is 3.03. The number of para-hydroxylation sites is 2. The molecular weight excluding hydrogens is 304 g/mol. The van der Waals surface area contributed by atoms with E-state index in [9.17, 15) is 5.11 Å². The number of fused-ring (bicyclic) bond motifs is 2. The third-order valence-electron chi connectivity index (χ3n) is 4.35. The zero-order valence-electron chi connectivity index (χ0n) is 13.8. The smallest absolute Gasteiger partial charge is 0.0553 e. The fraction of sp³-hybridized carbons (Fsp3) is 0.368. The van der Waals surface area contributed by atoms with E-state index in [2.05, 4.69) is 72.4 Å². The lowest BCUT2D eigenvalue weighted by atomic mass is 10.1. The predicted molar refractivity (Wildman–Crippen MR) is 97.8 cm³/mol. The van der Waals surface area contributed by atoms with Gasteiger partial charge in [-0.15, -0.1) is 0 Å². The Hall–Kier alpha value is -1.49. The standard InChI is InChI=1S/C19H24N2OS/c1-20(2)15(8-7-13-22)14-21-16-9-3-5-11-18(16)23-19-12-6-4-10-17(19)21/h3-6,9-12,15,22H,7-8,13-14H2,1-2H3. The first-order valence-corrected chi connectivity index (χ1v) is 8.93. The van der Waals surface area contributed by atoms with Gasteiger partial charge in [0.05, 0.1) is 11.4 Å². The molecule has 0 saturated heterocycles. The Morgan fingerprint density at radius 3 is 2.09 bits per heavy atom. The van der Waals surface area contributed by atoms with Gasteiger partial charge in [0.2, 0.25) is 0 Å². The number of hydrogen-bond donors (Lipinski definition) is 1. The lowest BCUT2D eigenvalue weighted by Crippen LogP contribution is -2.39. The van der Waals surface area contributed by atoms with Gasteiger partial charge in [0.25, 0.3) is 0 Å². The monoisotopic (exact) mass is 328 g/mol. The minimum atomic E-state index is 0.257. The first kappa shape index (κ1) is 16.4. The lowest BCUT2D eigenvalue weighted by molar-refractivity contribution is 0.236. The molecule has 0 saturated carbocycles. The highest BCUT2D eigenvalue weighted by atomic mass is 32.2. The maximum Gasteiger partial charge on any atom is 0.0553 e. The Bertz CT molecular complexity index is 614. The van der Waals surface area contributed by atoms with Gasteiger partial charge in [-0.25, -0.2) is 0 Å². The Labute approximate surface area is 142 Å². The van der Waals surface area contributed by atoms with Crippen molar-refractivity contribution in [2.75, 3.05) is 32.1 Å². The van der Waals surface area contributed by atoms with Gasteiger partial charge in [-0.2, -0.15) is 0 Å². The van der Waals surface area contributed by atoms with Crippen LogP contribution in [0.4, 0.5) is 11.4 Å². The zero-order chi connectivity index (χ0) is 16.2. The first-order valence-electron chi connectivity index (χ1n) is 8.11. The third-order valence-corrected chi connectivity index (χ3v) is 5.48. The van der Waals surface area contributed by atoms with E-state index in [-0.39, 0.29) is 6.61 Å². The first-order chi connectivity index (χ1) is 11.2. The van der Waals surface area contributed by atoms with Crippen molar-refractivity contribution in [3.05, 3.63) is 48.5 Å². The van der Waals surface area contributed by atoms with Crippen LogP contribution in [0.25, 0.3) is 0 Å². The number of hydrogen-bond acceptors (Lipinski definition) is 4. The van der Waals surface area contributed by atoms with Crippen molar-refractivity contribution < 1.29 is 5.11 Å². The van der Waals surface area contributed by atoms with Crippen LogP contribution in [0.1, 0.15) is 12.8 Å². The molecule has 0 spiro atoms. The molecule has 23 heavy (non-hydrogen) atoms. The summed E-state index contributed by atoms with van der Waals surface area (Å²) in [6.07, 6.45) is 1.84. The van der Waals surface area contributed by atoms with Gasteiger partial charge in [-0.1, -0.05) is 36.0 Å². The molecule has 0 bridgehead atoms. The van der Waals surface area contributed by atoms with E-state index >= 15 is 0 Å². The number of rotatable bonds is 6. The van der Waals surface area contributed by atoms with Crippen molar-refractivity contribution in [2.24, 2.45) is 0 Å². The molecule has 3 nitrogen and oxygen atoms in total. The second-order valence-electron chi connectivity index (χ2n) is 6.13. The zero-order valence-corrected chi connectivity index (χ0v) is 14.6. The Balaban J connectivity index is 1.94. The molecule has 0 amide bonds. The molecule has 3 rings (SSSR count). The van der Waals surface area contributed by atoms with E-state index in [1.54, 1.807) is 0 Å². The molecule has 1 aliphatic rings. The van der Waals surface area contributed by atoms with Gasteiger partial charge in [0, 0.05) is 29.0 Å². The van der Waals surface area contributed by atoms with Crippen LogP contribution < -0.4 is 4.90 Å². The number of nitrogens with zero attached hydrogens (tertiary/aromatic N) is 2. The SMILES string of the molecule is CN(C)C(CCCO)CN1c2ccccc2Sc2ccccc21. The van der Waals surface area contributed by atoms with Gasteiger partial charge in [0.15, 0.2) is 0 Å². The molecule has 1 heterocycles. The van der Waals surface area contributed by atoms with Crippen LogP contribution in [-0.2, 0) is 0 Å². The fourth-order valence-corrected chi connectivity index (χ4v) is 4.12. The van der Waals surface area contributed by atoms with E-state index in [0.29, 0.717) is 6.04 Å².